The second-order valence-electron chi connectivity index (χ2n) is 19.4. The van der Waals surface area contributed by atoms with Crippen LogP contribution >= 0.6 is 0 Å². The summed E-state index contributed by atoms with van der Waals surface area (Å²) in [4.78, 5) is 13.1. The van der Waals surface area contributed by atoms with Crippen molar-refractivity contribution in [1.29, 1.82) is 0 Å². The Morgan fingerprint density at radius 2 is 1.37 bits per heavy atom. The molecule has 0 bridgehead atoms. The lowest BCUT2D eigenvalue weighted by Gasteiger charge is -2.58. The average molecular weight is 859 g/mol. The number of esters is 1. The Bertz CT molecular complexity index is 1780. The van der Waals surface area contributed by atoms with E-state index < -0.39 is 0 Å². The zero-order chi connectivity index (χ0) is 43.4. The molecule has 2 aromatic rings. The molecule has 3 saturated carbocycles. The van der Waals surface area contributed by atoms with Gasteiger partial charge in [0.25, 0.3) is 0 Å². The van der Waals surface area contributed by atoms with Gasteiger partial charge in [0, 0.05) is 12.5 Å². The lowest BCUT2D eigenvalue weighted by molar-refractivity contribution is -0.153. The van der Waals surface area contributed by atoms with Gasteiger partial charge in [0.15, 0.2) is 18.1 Å². The summed E-state index contributed by atoms with van der Waals surface area (Å²) in [6.45, 7) is 16.8. The Morgan fingerprint density at radius 3 is 2.06 bits per heavy atom. The number of azo groups is 1. The lowest BCUT2D eigenvalue weighted by Crippen LogP contribution is -2.51. The van der Waals surface area contributed by atoms with E-state index in [1.165, 1.54) is 56.9 Å². The van der Waals surface area contributed by atoms with E-state index in [4.69, 9.17) is 37.9 Å². The molecule has 0 radical (unpaired) electrons. The van der Waals surface area contributed by atoms with Crippen LogP contribution in [0.25, 0.3) is 0 Å². The molecule has 4 aliphatic carbocycles. The maximum absolute atomic E-state index is 13.1. The second-order valence-corrected chi connectivity index (χ2v) is 19.4. The standard InChI is InChI=1S/C51H74N2O9/c1-36(2)7-6-8-37(3)44-16-17-45-43-15-9-38-33-42(19-21-50(38,4)46(43)20-22-51(44,45)5)62-49(54)35-61-41-13-10-39(11-14-41)52-53-40-12-18-47-48(34-40)60-32-30-58-28-26-56-24-23-55-25-27-57-29-31-59-47/h9-14,18,34,36-37,42-46H,6-8,15-17,19-33,35H2,1-5H3/t37-,42+,43+,44-,45+,46+,50+,51-/m1/s1. The molecule has 0 spiro atoms. The Hall–Kier alpha value is -3.51. The first kappa shape index (κ1) is 46.5. The van der Waals surface area contributed by atoms with Crippen LogP contribution in [0.4, 0.5) is 11.4 Å². The quantitative estimate of drug-likeness (QED) is 0.124. The van der Waals surface area contributed by atoms with Crippen LogP contribution in [0.3, 0.4) is 0 Å². The molecule has 5 aliphatic rings. The molecule has 3 fully saturated rings. The van der Waals surface area contributed by atoms with E-state index in [1.807, 2.05) is 24.3 Å². The normalized spacial score (nSPS) is 30.5. The second kappa shape index (κ2) is 22.4. The Labute approximate surface area is 371 Å². The number of carbonyl (C=O) groups excluding carboxylic acids is 1. The van der Waals surface area contributed by atoms with E-state index in [0.29, 0.717) is 100 Å². The highest BCUT2D eigenvalue weighted by atomic mass is 16.6. The van der Waals surface area contributed by atoms with Crippen molar-refractivity contribution < 1.29 is 42.7 Å². The van der Waals surface area contributed by atoms with E-state index in [2.05, 4.69) is 50.9 Å². The van der Waals surface area contributed by atoms with Gasteiger partial charge in [-0.25, -0.2) is 4.79 Å². The zero-order valence-electron chi connectivity index (χ0n) is 38.3. The summed E-state index contributed by atoms with van der Waals surface area (Å²) in [5.41, 5.74) is 3.49. The molecule has 7 rings (SSSR count). The number of carbonyl (C=O) groups is 1. The topological polar surface area (TPSA) is 116 Å². The Balaban J connectivity index is 0.866. The molecule has 62 heavy (non-hydrogen) atoms. The number of ether oxygens (including phenoxy) is 8. The number of benzene rings is 2. The van der Waals surface area contributed by atoms with Crippen LogP contribution < -0.4 is 14.2 Å². The molecule has 0 aromatic heterocycles. The van der Waals surface area contributed by atoms with Gasteiger partial charge in [-0.05, 0) is 128 Å². The van der Waals surface area contributed by atoms with Gasteiger partial charge in [-0.1, -0.05) is 65.5 Å². The molecule has 0 amide bonds. The highest BCUT2D eigenvalue weighted by Gasteiger charge is 2.59. The van der Waals surface area contributed by atoms with Crippen molar-refractivity contribution in [2.75, 3.05) is 72.7 Å². The summed E-state index contributed by atoms with van der Waals surface area (Å²) in [7, 11) is 0. The van der Waals surface area contributed by atoms with Crippen LogP contribution in [0.1, 0.15) is 105 Å². The number of rotatable bonds is 11. The summed E-state index contributed by atoms with van der Waals surface area (Å²) in [6, 6.07) is 12.6. The fourth-order valence-corrected chi connectivity index (χ4v) is 11.8. The maximum Gasteiger partial charge on any atom is 0.344 e. The summed E-state index contributed by atoms with van der Waals surface area (Å²) >= 11 is 0. The van der Waals surface area contributed by atoms with Crippen molar-refractivity contribution in [2.24, 2.45) is 56.6 Å². The minimum absolute atomic E-state index is 0.0933. The fraction of sp³-hybridized carbons (Fsp3) is 0.706. The highest BCUT2D eigenvalue weighted by Crippen LogP contribution is 2.67. The number of allylic oxidation sites excluding steroid dienone is 1. The predicted octanol–water partition coefficient (Wildman–Crippen LogP) is 11.3. The molecule has 0 N–H and O–H groups in total. The van der Waals surface area contributed by atoms with Gasteiger partial charge in [-0.2, -0.15) is 10.2 Å². The van der Waals surface area contributed by atoms with Gasteiger partial charge in [-0.15, -0.1) is 0 Å². The van der Waals surface area contributed by atoms with Crippen molar-refractivity contribution in [3.05, 3.63) is 54.1 Å². The van der Waals surface area contributed by atoms with E-state index in [1.54, 1.807) is 18.2 Å². The molecule has 0 unspecified atom stereocenters. The van der Waals surface area contributed by atoms with Crippen LogP contribution in [0.15, 0.2) is 64.3 Å². The maximum atomic E-state index is 13.1. The van der Waals surface area contributed by atoms with Gasteiger partial charge in [0.05, 0.1) is 64.2 Å². The van der Waals surface area contributed by atoms with Crippen LogP contribution in [0, 0.1) is 46.3 Å². The summed E-state index contributed by atoms with van der Waals surface area (Å²) in [5.74, 6) is 6.26. The summed E-state index contributed by atoms with van der Waals surface area (Å²) < 4.78 is 46.2. The van der Waals surface area contributed by atoms with Crippen molar-refractivity contribution in [1.82, 2.24) is 0 Å². The van der Waals surface area contributed by atoms with Gasteiger partial charge < -0.3 is 37.9 Å². The molecule has 2 aromatic carbocycles. The molecule has 0 saturated heterocycles. The number of fused-ring (bicyclic) bond motifs is 6. The predicted molar refractivity (Wildman–Crippen MR) is 240 cm³/mol. The molecule has 8 atom stereocenters. The smallest absolute Gasteiger partial charge is 0.344 e. The van der Waals surface area contributed by atoms with E-state index >= 15 is 0 Å². The fourth-order valence-electron chi connectivity index (χ4n) is 11.8. The number of nitrogens with zero attached hydrogens (tertiary/aromatic N) is 2. The van der Waals surface area contributed by atoms with E-state index in [-0.39, 0.29) is 24.1 Å². The Kier molecular flexibility index (Phi) is 16.8. The van der Waals surface area contributed by atoms with Gasteiger partial charge >= 0.3 is 5.97 Å². The molecule has 342 valence electrons. The SMILES string of the molecule is CC(C)CCC[C@@H](C)[C@H]1CC[C@H]2[C@@H]3CC=C4C[C@@H](OC(=O)COc5ccc(N=Nc6ccc7c(c6)OCCOCCOCCOCCOCCO7)cc5)CC[C@]4(C)[C@H]3CC[C@]12C. The van der Waals surface area contributed by atoms with Gasteiger partial charge in [0.2, 0.25) is 0 Å². The van der Waals surface area contributed by atoms with Gasteiger partial charge in [0.1, 0.15) is 25.1 Å². The highest BCUT2D eigenvalue weighted by molar-refractivity contribution is 5.71. The van der Waals surface area contributed by atoms with Crippen molar-refractivity contribution in [3.8, 4) is 17.2 Å². The van der Waals surface area contributed by atoms with E-state index in [9.17, 15) is 4.79 Å². The third-order valence-electron chi connectivity index (χ3n) is 15.0. The first-order valence-corrected chi connectivity index (χ1v) is 23.9. The van der Waals surface area contributed by atoms with Gasteiger partial charge in [-0.3, -0.25) is 0 Å². The first-order chi connectivity index (χ1) is 30.1. The molecule has 1 aliphatic heterocycles. The molecular weight excluding hydrogens is 785 g/mol. The molecular formula is C51H74N2O9. The largest absolute Gasteiger partial charge is 0.487 e. The molecule has 11 nitrogen and oxygen atoms in total. The number of hydrogen-bond acceptors (Lipinski definition) is 11. The van der Waals surface area contributed by atoms with Crippen molar-refractivity contribution in [3.63, 3.8) is 0 Å². The molecule has 11 heteroatoms. The lowest BCUT2D eigenvalue weighted by atomic mass is 9.47. The van der Waals surface area contributed by atoms with Crippen LogP contribution in [-0.4, -0.2) is 84.7 Å². The summed E-state index contributed by atoms with van der Waals surface area (Å²) in [6.07, 6.45) is 16.2. The molecule has 1 heterocycles. The van der Waals surface area contributed by atoms with Crippen molar-refractivity contribution in [2.45, 2.75) is 111 Å². The minimum Gasteiger partial charge on any atom is -0.487 e. The van der Waals surface area contributed by atoms with Crippen LogP contribution in [-0.2, 0) is 28.5 Å². The third kappa shape index (κ3) is 12.0. The first-order valence-electron chi connectivity index (χ1n) is 23.9. The summed E-state index contributed by atoms with van der Waals surface area (Å²) in [5, 5.41) is 8.85. The van der Waals surface area contributed by atoms with Crippen molar-refractivity contribution >= 4 is 17.3 Å². The Morgan fingerprint density at radius 1 is 0.726 bits per heavy atom. The third-order valence-corrected chi connectivity index (χ3v) is 15.0. The van der Waals surface area contributed by atoms with Crippen LogP contribution in [0.5, 0.6) is 17.2 Å². The minimum atomic E-state index is -0.322. The number of hydrogen-bond donors (Lipinski definition) is 0. The monoisotopic (exact) mass is 859 g/mol. The van der Waals surface area contributed by atoms with Crippen LogP contribution in [0.2, 0.25) is 0 Å². The average Bonchev–Trinajstić information content (AvgIpc) is 3.62. The van der Waals surface area contributed by atoms with E-state index in [0.717, 1.165) is 54.8 Å². The zero-order valence-corrected chi connectivity index (χ0v) is 38.3.